The molecular formula is C14H26N4O. The van der Waals surface area contributed by atoms with Crippen molar-refractivity contribution >= 4 is 0 Å². The number of β-amino-alcohol motifs (C(OH)–C–C–N with tert-alkyl or cyclic N) is 1. The van der Waals surface area contributed by atoms with Crippen LogP contribution >= 0.6 is 0 Å². The van der Waals surface area contributed by atoms with E-state index in [9.17, 15) is 5.11 Å². The number of hydrogen-bond donors (Lipinski definition) is 1. The van der Waals surface area contributed by atoms with Crippen LogP contribution in [0.15, 0.2) is 12.4 Å². The average Bonchev–Trinajstić information content (AvgIpc) is 2.76. The van der Waals surface area contributed by atoms with Gasteiger partial charge in [-0.1, -0.05) is 6.92 Å². The number of aryl methyl sites for hydroxylation is 1. The molecule has 1 saturated heterocycles. The molecule has 0 amide bonds. The monoisotopic (exact) mass is 266 g/mol. The summed E-state index contributed by atoms with van der Waals surface area (Å²) in [5.41, 5.74) is 0. The predicted octanol–water partition coefficient (Wildman–Crippen LogP) is 0.697. The average molecular weight is 266 g/mol. The zero-order valence-electron chi connectivity index (χ0n) is 12.3. The number of piperazine rings is 1. The van der Waals surface area contributed by atoms with Gasteiger partial charge in [0.2, 0.25) is 0 Å². The number of aliphatic hydroxyl groups is 1. The minimum atomic E-state index is -0.241. The molecule has 0 radical (unpaired) electrons. The van der Waals surface area contributed by atoms with Gasteiger partial charge in [-0.05, 0) is 13.3 Å². The van der Waals surface area contributed by atoms with E-state index in [2.05, 4.69) is 26.3 Å². The van der Waals surface area contributed by atoms with Crippen molar-refractivity contribution in [2.24, 2.45) is 7.05 Å². The molecule has 2 heterocycles. The molecule has 1 fully saturated rings. The van der Waals surface area contributed by atoms with Crippen LogP contribution < -0.4 is 0 Å². The van der Waals surface area contributed by atoms with Crippen LogP contribution in [0.5, 0.6) is 0 Å². The van der Waals surface area contributed by atoms with Crippen LogP contribution in [0.1, 0.15) is 26.1 Å². The summed E-state index contributed by atoms with van der Waals surface area (Å²) < 4.78 is 2.09. The summed E-state index contributed by atoms with van der Waals surface area (Å²) >= 11 is 0. The molecule has 5 nitrogen and oxygen atoms in total. The second-order valence-electron chi connectivity index (χ2n) is 5.60. The molecule has 2 unspecified atom stereocenters. The van der Waals surface area contributed by atoms with E-state index < -0.39 is 0 Å². The van der Waals surface area contributed by atoms with E-state index in [0.717, 1.165) is 45.0 Å². The molecular weight excluding hydrogens is 240 g/mol. The highest BCUT2D eigenvalue weighted by Crippen LogP contribution is 2.15. The van der Waals surface area contributed by atoms with E-state index in [-0.39, 0.29) is 6.10 Å². The maximum Gasteiger partial charge on any atom is 0.122 e. The topological polar surface area (TPSA) is 44.5 Å². The van der Waals surface area contributed by atoms with Crippen LogP contribution in [-0.4, -0.2) is 62.8 Å². The molecule has 0 bridgehead atoms. The summed E-state index contributed by atoms with van der Waals surface area (Å²) in [5.74, 6) is 1.12. The molecule has 0 aromatic carbocycles. The Morgan fingerprint density at radius 3 is 2.84 bits per heavy atom. The number of rotatable bonds is 5. The van der Waals surface area contributed by atoms with Crippen LogP contribution in [0.3, 0.4) is 0 Å². The van der Waals surface area contributed by atoms with Crippen molar-refractivity contribution in [2.45, 2.75) is 39.0 Å². The highest BCUT2D eigenvalue weighted by molar-refractivity contribution is 4.93. The second-order valence-corrected chi connectivity index (χ2v) is 5.60. The van der Waals surface area contributed by atoms with Crippen LogP contribution in [0.2, 0.25) is 0 Å². The van der Waals surface area contributed by atoms with E-state index in [1.807, 2.05) is 26.4 Å². The molecule has 1 aromatic rings. The predicted molar refractivity (Wildman–Crippen MR) is 75.8 cm³/mol. The van der Waals surface area contributed by atoms with Gasteiger partial charge in [0.25, 0.3) is 0 Å². The Balaban J connectivity index is 1.91. The number of nitrogens with zero attached hydrogens (tertiary/aromatic N) is 4. The van der Waals surface area contributed by atoms with Crippen LogP contribution in [-0.2, 0) is 13.6 Å². The van der Waals surface area contributed by atoms with Crippen molar-refractivity contribution in [2.75, 3.05) is 26.2 Å². The molecule has 2 rings (SSSR count). The maximum absolute atomic E-state index is 9.56. The molecule has 1 aromatic heterocycles. The van der Waals surface area contributed by atoms with Crippen molar-refractivity contribution in [3.05, 3.63) is 18.2 Å². The zero-order chi connectivity index (χ0) is 13.8. The first-order valence-electron chi connectivity index (χ1n) is 7.20. The van der Waals surface area contributed by atoms with Gasteiger partial charge in [0, 0.05) is 51.7 Å². The van der Waals surface area contributed by atoms with E-state index in [1.54, 1.807) is 0 Å². The van der Waals surface area contributed by atoms with Gasteiger partial charge in [-0.15, -0.1) is 0 Å². The zero-order valence-corrected chi connectivity index (χ0v) is 12.3. The lowest BCUT2D eigenvalue weighted by Gasteiger charge is -2.41. The normalized spacial score (nSPS) is 23.7. The Kier molecular flexibility index (Phi) is 4.96. The first-order valence-corrected chi connectivity index (χ1v) is 7.20. The Bertz CT molecular complexity index is 391. The fourth-order valence-corrected chi connectivity index (χ4v) is 2.82. The molecule has 1 aliphatic rings. The van der Waals surface area contributed by atoms with Crippen molar-refractivity contribution < 1.29 is 5.11 Å². The Morgan fingerprint density at radius 2 is 2.26 bits per heavy atom. The Morgan fingerprint density at radius 1 is 1.47 bits per heavy atom. The summed E-state index contributed by atoms with van der Waals surface area (Å²) in [7, 11) is 2.04. The minimum absolute atomic E-state index is 0.241. The van der Waals surface area contributed by atoms with Gasteiger partial charge in [-0.25, -0.2) is 4.98 Å². The Hall–Kier alpha value is -0.910. The molecule has 0 saturated carbocycles. The number of aromatic nitrogens is 2. The summed E-state index contributed by atoms with van der Waals surface area (Å²) in [4.78, 5) is 9.28. The van der Waals surface area contributed by atoms with E-state index >= 15 is 0 Å². The highest BCUT2D eigenvalue weighted by Gasteiger charge is 2.26. The minimum Gasteiger partial charge on any atom is -0.392 e. The first-order chi connectivity index (χ1) is 9.10. The van der Waals surface area contributed by atoms with Crippen LogP contribution in [0, 0.1) is 0 Å². The lowest BCUT2D eigenvalue weighted by Crippen LogP contribution is -2.54. The highest BCUT2D eigenvalue weighted by atomic mass is 16.3. The standard InChI is InChI=1S/C14H26N4O/c1-4-13-10-17(7-8-18(13)9-12(2)19)11-14-15-5-6-16(14)3/h5-6,12-13,19H,4,7-11H2,1-3H3. The van der Waals surface area contributed by atoms with Gasteiger partial charge in [0.1, 0.15) is 5.82 Å². The lowest BCUT2D eigenvalue weighted by atomic mass is 10.1. The third-order valence-electron chi connectivity index (χ3n) is 3.94. The van der Waals surface area contributed by atoms with Crippen molar-refractivity contribution in [1.29, 1.82) is 0 Å². The quantitative estimate of drug-likeness (QED) is 0.852. The molecule has 108 valence electrons. The van der Waals surface area contributed by atoms with E-state index in [1.165, 1.54) is 0 Å². The third-order valence-corrected chi connectivity index (χ3v) is 3.94. The molecule has 1 aliphatic heterocycles. The number of hydrogen-bond acceptors (Lipinski definition) is 4. The Labute approximate surface area is 115 Å². The van der Waals surface area contributed by atoms with Crippen molar-refractivity contribution in [3.63, 3.8) is 0 Å². The summed E-state index contributed by atoms with van der Waals surface area (Å²) in [6, 6.07) is 0.545. The van der Waals surface area contributed by atoms with Gasteiger partial charge < -0.3 is 9.67 Å². The number of aliphatic hydroxyl groups excluding tert-OH is 1. The van der Waals surface area contributed by atoms with Crippen molar-refractivity contribution in [3.8, 4) is 0 Å². The largest absolute Gasteiger partial charge is 0.392 e. The molecule has 0 spiro atoms. The van der Waals surface area contributed by atoms with E-state index in [0.29, 0.717) is 6.04 Å². The third kappa shape index (κ3) is 3.78. The van der Waals surface area contributed by atoms with Gasteiger partial charge in [-0.3, -0.25) is 9.80 Å². The lowest BCUT2D eigenvalue weighted by molar-refractivity contribution is 0.0326. The van der Waals surface area contributed by atoms with Crippen LogP contribution in [0.4, 0.5) is 0 Å². The molecule has 2 atom stereocenters. The summed E-state index contributed by atoms with van der Waals surface area (Å²) in [6.45, 7) is 8.95. The number of imidazole rings is 1. The van der Waals surface area contributed by atoms with Crippen LogP contribution in [0.25, 0.3) is 0 Å². The molecule has 1 N–H and O–H groups in total. The summed E-state index contributed by atoms with van der Waals surface area (Å²) in [6.07, 6.45) is 4.74. The fraction of sp³-hybridized carbons (Fsp3) is 0.786. The summed E-state index contributed by atoms with van der Waals surface area (Å²) in [5, 5.41) is 9.56. The SMILES string of the molecule is CCC1CN(Cc2nccn2C)CCN1CC(C)O. The molecule has 19 heavy (non-hydrogen) atoms. The van der Waals surface area contributed by atoms with Gasteiger partial charge in [0.15, 0.2) is 0 Å². The van der Waals surface area contributed by atoms with Crippen molar-refractivity contribution in [1.82, 2.24) is 19.4 Å². The second kappa shape index (κ2) is 6.50. The first kappa shape index (κ1) is 14.5. The van der Waals surface area contributed by atoms with Gasteiger partial charge >= 0.3 is 0 Å². The van der Waals surface area contributed by atoms with E-state index in [4.69, 9.17) is 0 Å². The molecule has 5 heteroatoms. The van der Waals surface area contributed by atoms with Gasteiger partial charge in [0.05, 0.1) is 12.6 Å². The molecule has 0 aliphatic carbocycles. The maximum atomic E-state index is 9.56. The smallest absolute Gasteiger partial charge is 0.122 e. The fourth-order valence-electron chi connectivity index (χ4n) is 2.82. The van der Waals surface area contributed by atoms with Gasteiger partial charge in [-0.2, -0.15) is 0 Å².